The number of hydrogen-bond acceptors (Lipinski definition) is 5. The fourth-order valence-electron chi connectivity index (χ4n) is 5.09. The number of nitrogens with one attached hydrogen (secondary N) is 1. The zero-order valence-electron chi connectivity index (χ0n) is 21.9. The lowest BCUT2D eigenvalue weighted by Crippen LogP contribution is -2.38. The van der Waals surface area contributed by atoms with Crippen LogP contribution in [0.1, 0.15) is 59.6 Å². The Hall–Kier alpha value is -3.07. The molecule has 38 heavy (non-hydrogen) atoms. The van der Waals surface area contributed by atoms with Crippen LogP contribution in [0.15, 0.2) is 53.5 Å². The molecular formula is C29H29ClN6S2. The molecule has 2 aromatic carbocycles. The Bertz CT molecular complexity index is 1580. The van der Waals surface area contributed by atoms with Crippen molar-refractivity contribution < 1.29 is 0 Å². The second-order valence-corrected chi connectivity index (χ2v) is 12.6. The second-order valence-electron chi connectivity index (χ2n) is 10.8. The second kappa shape index (κ2) is 9.59. The number of aliphatic imine (C=N–C) groups is 1. The Morgan fingerprint density at radius 1 is 1.08 bits per heavy atom. The third-order valence-electron chi connectivity index (χ3n) is 7.17. The van der Waals surface area contributed by atoms with E-state index in [1.165, 1.54) is 16.0 Å². The van der Waals surface area contributed by atoms with Crippen LogP contribution in [0.25, 0.3) is 5.00 Å². The van der Waals surface area contributed by atoms with Crippen molar-refractivity contribution in [1.82, 2.24) is 19.7 Å². The minimum absolute atomic E-state index is 0.120. The lowest BCUT2D eigenvalue weighted by Gasteiger charge is -2.30. The van der Waals surface area contributed by atoms with Crippen LogP contribution in [0.3, 0.4) is 0 Å². The Morgan fingerprint density at radius 3 is 2.58 bits per heavy atom. The van der Waals surface area contributed by atoms with Gasteiger partial charge in [0.1, 0.15) is 17.4 Å². The van der Waals surface area contributed by atoms with Gasteiger partial charge >= 0.3 is 0 Å². The lowest BCUT2D eigenvalue weighted by molar-refractivity contribution is 0.405. The molecular weight excluding hydrogens is 532 g/mol. The van der Waals surface area contributed by atoms with Gasteiger partial charge in [-0.2, -0.15) is 0 Å². The van der Waals surface area contributed by atoms with Crippen molar-refractivity contribution in [3.8, 4) is 5.00 Å². The maximum atomic E-state index is 6.67. The summed E-state index contributed by atoms with van der Waals surface area (Å²) in [6.07, 6.45) is 0.867. The average molecular weight is 561 g/mol. The van der Waals surface area contributed by atoms with Gasteiger partial charge in [-0.05, 0) is 60.3 Å². The Labute approximate surface area is 237 Å². The normalized spacial score (nSPS) is 14.8. The number of anilines is 1. The molecule has 6 rings (SSSR count). The highest BCUT2D eigenvalue weighted by atomic mass is 35.5. The summed E-state index contributed by atoms with van der Waals surface area (Å²) in [6.45, 7) is 10.7. The number of halogens is 1. The largest absolute Gasteiger partial charge is 0.344 e. The van der Waals surface area contributed by atoms with Crippen LogP contribution in [-0.4, -0.2) is 37.0 Å². The zero-order valence-corrected chi connectivity index (χ0v) is 24.3. The SMILES string of the molecule is Cc1nnc2n1-c1sc3c(c1C(c1ccccc1Cl)=NC2)CCN(C(=S)Nc1ccc(C(C)(C)C)cc1)C3. The summed E-state index contributed by atoms with van der Waals surface area (Å²) in [7, 11) is 0. The highest BCUT2D eigenvalue weighted by Gasteiger charge is 2.32. The fraction of sp³-hybridized carbons (Fsp3) is 0.310. The molecule has 0 saturated heterocycles. The van der Waals surface area contributed by atoms with Gasteiger partial charge in [0.05, 0.1) is 12.3 Å². The van der Waals surface area contributed by atoms with Gasteiger partial charge in [-0.1, -0.05) is 62.7 Å². The zero-order chi connectivity index (χ0) is 26.6. The molecule has 0 amide bonds. The summed E-state index contributed by atoms with van der Waals surface area (Å²) in [5.74, 6) is 1.71. The molecule has 6 nitrogen and oxygen atoms in total. The number of thiocarbonyl (C=S) groups is 1. The molecule has 0 fully saturated rings. The Balaban J connectivity index is 1.33. The first-order chi connectivity index (χ1) is 18.2. The number of rotatable bonds is 2. The van der Waals surface area contributed by atoms with Crippen molar-refractivity contribution >= 4 is 51.7 Å². The predicted octanol–water partition coefficient (Wildman–Crippen LogP) is 6.69. The van der Waals surface area contributed by atoms with Crippen LogP contribution < -0.4 is 5.32 Å². The van der Waals surface area contributed by atoms with Gasteiger partial charge in [0.2, 0.25) is 0 Å². The van der Waals surface area contributed by atoms with Gasteiger partial charge in [-0.25, -0.2) is 0 Å². The van der Waals surface area contributed by atoms with E-state index in [0.717, 1.165) is 63.8 Å². The Morgan fingerprint density at radius 2 is 1.84 bits per heavy atom. The number of aromatic nitrogens is 3. The minimum Gasteiger partial charge on any atom is -0.344 e. The molecule has 0 spiro atoms. The van der Waals surface area contributed by atoms with E-state index >= 15 is 0 Å². The smallest absolute Gasteiger partial charge is 0.173 e. The molecule has 0 radical (unpaired) electrons. The molecule has 0 aliphatic carbocycles. The lowest BCUT2D eigenvalue weighted by atomic mass is 9.87. The van der Waals surface area contributed by atoms with Crippen LogP contribution in [0.2, 0.25) is 5.02 Å². The van der Waals surface area contributed by atoms with Crippen LogP contribution in [0, 0.1) is 6.92 Å². The number of nitrogens with zero attached hydrogens (tertiary/aromatic N) is 5. The number of benzene rings is 2. The monoisotopic (exact) mass is 560 g/mol. The van der Waals surface area contributed by atoms with E-state index in [-0.39, 0.29) is 5.41 Å². The summed E-state index contributed by atoms with van der Waals surface area (Å²) >= 11 is 14.3. The maximum absolute atomic E-state index is 6.67. The first kappa shape index (κ1) is 25.2. The molecule has 0 unspecified atom stereocenters. The van der Waals surface area contributed by atoms with E-state index in [1.807, 2.05) is 31.2 Å². The van der Waals surface area contributed by atoms with Crippen molar-refractivity contribution in [3.63, 3.8) is 0 Å². The highest BCUT2D eigenvalue weighted by molar-refractivity contribution is 7.80. The van der Waals surface area contributed by atoms with Gasteiger partial charge in [0.15, 0.2) is 10.9 Å². The summed E-state index contributed by atoms with van der Waals surface area (Å²) in [4.78, 5) is 8.56. The average Bonchev–Trinajstić information content (AvgIpc) is 3.39. The van der Waals surface area contributed by atoms with Crippen molar-refractivity contribution in [3.05, 3.63) is 92.3 Å². The van der Waals surface area contributed by atoms with E-state index in [4.69, 9.17) is 28.8 Å². The molecule has 194 valence electrons. The summed E-state index contributed by atoms with van der Waals surface area (Å²) in [6, 6.07) is 16.5. The molecule has 2 aliphatic rings. The topological polar surface area (TPSA) is 58.3 Å². The molecule has 0 atom stereocenters. The van der Waals surface area contributed by atoms with Gasteiger partial charge in [-0.3, -0.25) is 9.56 Å². The third kappa shape index (κ3) is 4.44. The molecule has 1 N–H and O–H groups in total. The van der Waals surface area contributed by atoms with Gasteiger partial charge in [-0.15, -0.1) is 21.5 Å². The Kier molecular flexibility index (Phi) is 6.37. The molecule has 4 aromatic rings. The van der Waals surface area contributed by atoms with E-state index in [9.17, 15) is 0 Å². The summed E-state index contributed by atoms with van der Waals surface area (Å²) < 4.78 is 2.16. The van der Waals surface area contributed by atoms with Gasteiger partial charge < -0.3 is 10.2 Å². The molecule has 0 bridgehead atoms. The van der Waals surface area contributed by atoms with Gasteiger partial charge in [0.25, 0.3) is 0 Å². The molecule has 4 heterocycles. The van der Waals surface area contributed by atoms with Crippen LogP contribution in [0.4, 0.5) is 5.69 Å². The predicted molar refractivity (Wildman–Crippen MR) is 160 cm³/mol. The van der Waals surface area contributed by atoms with E-state index in [0.29, 0.717) is 11.6 Å². The molecule has 9 heteroatoms. The van der Waals surface area contributed by atoms with Crippen molar-refractivity contribution in [1.29, 1.82) is 0 Å². The van der Waals surface area contributed by atoms with Crippen molar-refractivity contribution in [2.75, 3.05) is 11.9 Å². The standard InChI is InChI=1S/C29H29ClN6S2/c1-17-33-34-24-15-31-26(20-7-5-6-8-22(20)30)25-21-13-14-35(16-23(21)38-27(25)36(17)24)28(37)32-19-11-9-18(10-12-19)29(2,3)4/h5-12H,13-16H2,1-4H3,(H,32,37). The molecule has 2 aromatic heterocycles. The first-order valence-corrected chi connectivity index (χ1v) is 14.3. The third-order valence-corrected chi connectivity index (χ3v) is 9.06. The highest BCUT2D eigenvalue weighted by Crippen LogP contribution is 2.40. The number of aryl methyl sites for hydroxylation is 1. The molecule has 2 aliphatic heterocycles. The van der Waals surface area contributed by atoms with E-state index in [1.54, 1.807) is 11.3 Å². The number of thiophene rings is 1. The first-order valence-electron chi connectivity index (χ1n) is 12.7. The summed E-state index contributed by atoms with van der Waals surface area (Å²) in [5, 5.41) is 14.8. The van der Waals surface area contributed by atoms with Gasteiger partial charge in [0, 0.05) is 33.3 Å². The summed E-state index contributed by atoms with van der Waals surface area (Å²) in [5.41, 5.74) is 6.78. The number of fused-ring (bicyclic) bond motifs is 5. The fourth-order valence-corrected chi connectivity index (χ4v) is 7.03. The van der Waals surface area contributed by atoms with Crippen molar-refractivity contribution in [2.45, 2.75) is 52.6 Å². The number of hydrogen-bond donors (Lipinski definition) is 1. The van der Waals surface area contributed by atoms with Crippen LogP contribution in [0.5, 0.6) is 0 Å². The maximum Gasteiger partial charge on any atom is 0.173 e. The van der Waals surface area contributed by atoms with Crippen LogP contribution in [-0.2, 0) is 24.9 Å². The van der Waals surface area contributed by atoms with Crippen molar-refractivity contribution in [2.24, 2.45) is 4.99 Å². The van der Waals surface area contributed by atoms with E-state index < -0.39 is 0 Å². The van der Waals surface area contributed by atoms with Crippen LogP contribution >= 0.6 is 35.2 Å². The van der Waals surface area contributed by atoms with E-state index in [2.05, 4.69) is 70.0 Å². The molecule has 0 saturated carbocycles. The minimum atomic E-state index is 0.120. The quantitative estimate of drug-likeness (QED) is 0.277.